The largest absolute Gasteiger partial charge is 0.364 e. The third-order valence-corrected chi connectivity index (χ3v) is 7.47. The van der Waals surface area contributed by atoms with Crippen molar-refractivity contribution in [3.05, 3.63) is 71.3 Å². The Balaban J connectivity index is 1.43. The standard InChI is InChI=1S/C30H40N6O3/c1-28(2,3)32-19-30(16-20(30)18-37)26-11-7-9-23(35-26)24-13-12-22(34-24)17-29(4,5)36(39)15-14-21-8-6-10-25(33-21)27(31)38/h6-13,18,20,32,34,39H,14-17,19H2,1-5H3,(H2,31,38). The maximum Gasteiger partial charge on any atom is 0.267 e. The molecule has 0 spiro atoms. The lowest BCUT2D eigenvalue weighted by atomic mass is 9.96. The molecule has 1 fully saturated rings. The minimum atomic E-state index is -0.571. The molecule has 3 heterocycles. The Morgan fingerprint density at radius 2 is 1.90 bits per heavy atom. The predicted molar refractivity (Wildman–Crippen MR) is 150 cm³/mol. The van der Waals surface area contributed by atoms with Crippen molar-refractivity contribution < 1.29 is 14.8 Å². The number of aldehydes is 1. The van der Waals surface area contributed by atoms with Crippen molar-refractivity contribution in [1.29, 1.82) is 0 Å². The van der Waals surface area contributed by atoms with Crippen LogP contribution in [-0.2, 0) is 23.1 Å². The molecule has 5 N–H and O–H groups in total. The van der Waals surface area contributed by atoms with Gasteiger partial charge in [-0.2, -0.15) is 5.06 Å². The molecule has 0 radical (unpaired) electrons. The van der Waals surface area contributed by atoms with Gasteiger partial charge < -0.3 is 26.0 Å². The van der Waals surface area contributed by atoms with E-state index in [2.05, 4.69) is 36.1 Å². The smallest absolute Gasteiger partial charge is 0.267 e. The fraction of sp³-hybridized carbons (Fsp3) is 0.467. The summed E-state index contributed by atoms with van der Waals surface area (Å²) in [6, 6.07) is 15.1. The number of aromatic amines is 1. The Hall–Kier alpha value is -3.40. The molecule has 0 saturated heterocycles. The second kappa shape index (κ2) is 11.0. The van der Waals surface area contributed by atoms with Gasteiger partial charge in [-0.3, -0.25) is 9.78 Å². The van der Waals surface area contributed by atoms with Gasteiger partial charge in [-0.05, 0) is 77.4 Å². The van der Waals surface area contributed by atoms with Crippen molar-refractivity contribution in [3.63, 3.8) is 0 Å². The molecule has 39 heavy (non-hydrogen) atoms. The van der Waals surface area contributed by atoms with Gasteiger partial charge in [-0.15, -0.1) is 0 Å². The number of hydrogen-bond acceptors (Lipinski definition) is 7. The quantitative estimate of drug-likeness (QED) is 0.206. The number of nitrogens with zero attached hydrogens (tertiary/aromatic N) is 3. The zero-order valence-electron chi connectivity index (χ0n) is 23.5. The van der Waals surface area contributed by atoms with Gasteiger partial charge in [0.05, 0.1) is 11.4 Å². The van der Waals surface area contributed by atoms with Crippen LogP contribution in [0.15, 0.2) is 48.5 Å². The number of amides is 1. The molecule has 1 aliphatic rings. The molecular weight excluding hydrogens is 492 g/mol. The Morgan fingerprint density at radius 1 is 1.15 bits per heavy atom. The van der Waals surface area contributed by atoms with E-state index < -0.39 is 11.4 Å². The minimum Gasteiger partial charge on any atom is -0.364 e. The number of rotatable bonds is 12. The molecule has 4 rings (SSSR count). The van der Waals surface area contributed by atoms with E-state index in [0.717, 1.165) is 35.5 Å². The van der Waals surface area contributed by atoms with Crippen LogP contribution in [0.3, 0.4) is 0 Å². The molecule has 0 aliphatic heterocycles. The predicted octanol–water partition coefficient (Wildman–Crippen LogP) is 3.67. The molecule has 0 bridgehead atoms. The molecule has 3 aromatic heterocycles. The molecule has 0 aromatic carbocycles. The van der Waals surface area contributed by atoms with Crippen LogP contribution in [0.25, 0.3) is 11.4 Å². The highest BCUT2D eigenvalue weighted by Gasteiger charge is 2.56. The zero-order chi connectivity index (χ0) is 28.4. The van der Waals surface area contributed by atoms with E-state index in [1.54, 1.807) is 12.1 Å². The van der Waals surface area contributed by atoms with Crippen molar-refractivity contribution in [3.8, 4) is 11.4 Å². The molecule has 1 aliphatic carbocycles. The van der Waals surface area contributed by atoms with Crippen LogP contribution in [-0.4, -0.2) is 61.6 Å². The van der Waals surface area contributed by atoms with Crippen molar-refractivity contribution >= 4 is 12.2 Å². The summed E-state index contributed by atoms with van der Waals surface area (Å²) in [5.41, 5.74) is 8.96. The highest BCUT2D eigenvalue weighted by Crippen LogP contribution is 2.52. The minimum absolute atomic E-state index is 0.0286. The van der Waals surface area contributed by atoms with Crippen molar-refractivity contribution in [2.24, 2.45) is 11.7 Å². The number of H-pyrrole nitrogens is 1. The molecular formula is C30H40N6O3. The molecule has 1 saturated carbocycles. The van der Waals surface area contributed by atoms with E-state index in [-0.39, 0.29) is 22.6 Å². The van der Waals surface area contributed by atoms with Crippen LogP contribution >= 0.6 is 0 Å². The third kappa shape index (κ3) is 6.79. The Morgan fingerprint density at radius 3 is 2.56 bits per heavy atom. The van der Waals surface area contributed by atoms with Crippen molar-refractivity contribution in [1.82, 2.24) is 25.3 Å². The van der Waals surface area contributed by atoms with Crippen molar-refractivity contribution in [2.75, 3.05) is 13.1 Å². The summed E-state index contributed by atoms with van der Waals surface area (Å²) >= 11 is 0. The first-order valence-corrected chi connectivity index (χ1v) is 13.4. The van der Waals surface area contributed by atoms with Crippen LogP contribution in [0.4, 0.5) is 0 Å². The Kier molecular flexibility index (Phi) is 8.07. The lowest BCUT2D eigenvalue weighted by Gasteiger charge is -2.33. The second-order valence-electron chi connectivity index (χ2n) is 12.3. The van der Waals surface area contributed by atoms with E-state index in [4.69, 9.17) is 10.7 Å². The van der Waals surface area contributed by atoms with Gasteiger partial charge in [0.15, 0.2) is 0 Å². The van der Waals surface area contributed by atoms with E-state index >= 15 is 0 Å². The molecule has 3 aromatic rings. The molecule has 2 unspecified atom stereocenters. The fourth-order valence-electron chi connectivity index (χ4n) is 4.91. The van der Waals surface area contributed by atoms with Crippen LogP contribution in [0.1, 0.15) is 68.6 Å². The zero-order valence-corrected chi connectivity index (χ0v) is 23.5. The molecule has 1 amide bonds. The van der Waals surface area contributed by atoms with E-state index in [1.807, 2.05) is 50.2 Å². The average Bonchev–Trinajstić information content (AvgIpc) is 3.45. The normalized spacial score (nSPS) is 19.3. The number of primary amides is 1. The first-order valence-electron chi connectivity index (χ1n) is 13.4. The van der Waals surface area contributed by atoms with E-state index in [1.165, 1.54) is 5.06 Å². The number of carbonyl (C=O) groups is 2. The summed E-state index contributed by atoms with van der Waals surface area (Å²) in [5.74, 6) is -0.600. The van der Waals surface area contributed by atoms with Gasteiger partial charge in [-0.1, -0.05) is 12.1 Å². The van der Waals surface area contributed by atoms with Crippen LogP contribution < -0.4 is 11.1 Å². The summed E-state index contributed by atoms with van der Waals surface area (Å²) in [6.07, 6.45) is 2.90. The molecule has 9 heteroatoms. The number of carbonyl (C=O) groups excluding carboxylic acids is 2. The van der Waals surface area contributed by atoms with Gasteiger partial charge in [-0.25, -0.2) is 4.98 Å². The van der Waals surface area contributed by atoms with Crippen LogP contribution in [0, 0.1) is 5.92 Å². The number of nitrogens with one attached hydrogen (secondary N) is 2. The van der Waals surface area contributed by atoms with Crippen LogP contribution in [0.2, 0.25) is 0 Å². The fourth-order valence-corrected chi connectivity index (χ4v) is 4.91. The van der Waals surface area contributed by atoms with Gasteiger partial charge in [0.25, 0.3) is 5.91 Å². The molecule has 9 nitrogen and oxygen atoms in total. The summed E-state index contributed by atoms with van der Waals surface area (Å²) in [7, 11) is 0. The summed E-state index contributed by atoms with van der Waals surface area (Å²) in [6.45, 7) is 11.4. The first-order chi connectivity index (χ1) is 18.3. The van der Waals surface area contributed by atoms with Crippen molar-refractivity contribution in [2.45, 2.75) is 70.4 Å². The van der Waals surface area contributed by atoms with Gasteiger partial charge in [0, 0.05) is 65.4 Å². The van der Waals surface area contributed by atoms with E-state index in [0.29, 0.717) is 31.6 Å². The summed E-state index contributed by atoms with van der Waals surface area (Å²) in [5, 5.41) is 15.7. The number of hydroxylamine groups is 2. The molecule has 2 atom stereocenters. The maximum absolute atomic E-state index is 11.7. The Bertz CT molecular complexity index is 1330. The summed E-state index contributed by atoms with van der Waals surface area (Å²) < 4.78 is 0. The van der Waals surface area contributed by atoms with Gasteiger partial charge >= 0.3 is 0 Å². The van der Waals surface area contributed by atoms with Gasteiger partial charge in [0.2, 0.25) is 0 Å². The molecule has 208 valence electrons. The lowest BCUT2D eigenvalue weighted by molar-refractivity contribution is -0.161. The second-order valence-corrected chi connectivity index (χ2v) is 12.3. The Labute approximate surface area is 230 Å². The monoisotopic (exact) mass is 532 g/mol. The lowest BCUT2D eigenvalue weighted by Crippen LogP contribution is -2.44. The third-order valence-electron chi connectivity index (χ3n) is 7.47. The number of nitrogens with two attached hydrogens (primary N) is 1. The van der Waals surface area contributed by atoms with Gasteiger partial charge in [0.1, 0.15) is 12.0 Å². The van der Waals surface area contributed by atoms with E-state index in [9.17, 15) is 14.8 Å². The van der Waals surface area contributed by atoms with Crippen LogP contribution in [0.5, 0.6) is 0 Å². The topological polar surface area (TPSA) is 137 Å². The highest BCUT2D eigenvalue weighted by atomic mass is 16.5. The number of aromatic nitrogens is 3. The SMILES string of the molecule is CC(C)(C)NCC1(c2cccc(-c3ccc(CC(C)(C)N(O)CCc4cccc(C(N)=O)n4)[nH]3)n2)CC1C=O. The maximum atomic E-state index is 11.7. The number of hydrogen-bond donors (Lipinski definition) is 4. The first kappa shape index (κ1) is 28.6. The highest BCUT2D eigenvalue weighted by molar-refractivity contribution is 5.90. The number of pyridine rings is 2. The average molecular weight is 533 g/mol. The summed E-state index contributed by atoms with van der Waals surface area (Å²) in [4.78, 5) is 35.8.